The molecule has 0 aromatic heterocycles. The molecule has 0 bridgehead atoms. The Balaban J connectivity index is 2.56. The molecule has 0 aliphatic heterocycles. The van der Waals surface area contributed by atoms with Crippen LogP contribution in [0.5, 0.6) is 0 Å². The number of hydrogen-bond donors (Lipinski definition) is 1. The van der Waals surface area contributed by atoms with Crippen LogP contribution in [0.2, 0.25) is 0 Å². The van der Waals surface area contributed by atoms with Gasteiger partial charge in [0.2, 0.25) is 0 Å². The van der Waals surface area contributed by atoms with Gasteiger partial charge in [-0.15, -0.1) is 0 Å². The lowest BCUT2D eigenvalue weighted by Gasteiger charge is -2.31. The molecule has 1 rings (SSSR count). The molecule has 2 atom stereocenters. The fourth-order valence-corrected chi connectivity index (χ4v) is 2.36. The number of hydrogen-bond acceptors (Lipinski definition) is 2. The molecule has 2 heteroatoms. The summed E-state index contributed by atoms with van der Waals surface area (Å²) in [4.78, 5) is 0. The fourth-order valence-electron chi connectivity index (χ4n) is 2.36. The molecule has 1 aliphatic rings. The van der Waals surface area contributed by atoms with Gasteiger partial charge in [0, 0.05) is 12.6 Å². The van der Waals surface area contributed by atoms with E-state index < -0.39 is 0 Å². The minimum Gasteiger partial charge on any atom is -0.377 e. The first-order valence-electron chi connectivity index (χ1n) is 5.46. The van der Waals surface area contributed by atoms with Crippen LogP contribution in [0.25, 0.3) is 0 Å². The summed E-state index contributed by atoms with van der Waals surface area (Å²) in [6, 6.07) is 0.539. The smallest absolute Gasteiger partial charge is 0.0733 e. The highest BCUT2D eigenvalue weighted by Gasteiger charge is 2.41. The second-order valence-electron chi connectivity index (χ2n) is 4.56. The second kappa shape index (κ2) is 4.43. The lowest BCUT2D eigenvalue weighted by atomic mass is 9.87. The maximum atomic E-state index is 5.74. The van der Waals surface area contributed by atoms with Crippen molar-refractivity contribution in [3.05, 3.63) is 0 Å². The zero-order chi connectivity index (χ0) is 9.90. The van der Waals surface area contributed by atoms with Crippen LogP contribution in [0.15, 0.2) is 0 Å². The zero-order valence-electron chi connectivity index (χ0n) is 9.39. The van der Waals surface area contributed by atoms with Crippen molar-refractivity contribution in [3.8, 4) is 0 Å². The first-order chi connectivity index (χ1) is 6.11. The first-order valence-corrected chi connectivity index (χ1v) is 5.46. The highest BCUT2D eigenvalue weighted by atomic mass is 16.5. The molecular formula is C11H23NO. The van der Waals surface area contributed by atoms with Gasteiger partial charge in [-0.2, -0.15) is 0 Å². The van der Waals surface area contributed by atoms with Crippen molar-refractivity contribution in [2.24, 2.45) is 5.41 Å². The van der Waals surface area contributed by atoms with E-state index in [1.54, 1.807) is 0 Å². The lowest BCUT2D eigenvalue weighted by Crippen LogP contribution is -2.45. The van der Waals surface area contributed by atoms with Crippen LogP contribution in [0.1, 0.15) is 40.5 Å². The Kier molecular flexibility index (Phi) is 3.74. The number of ether oxygens (including phenoxy) is 1. The van der Waals surface area contributed by atoms with Crippen molar-refractivity contribution in [3.63, 3.8) is 0 Å². The van der Waals surface area contributed by atoms with Crippen LogP contribution >= 0.6 is 0 Å². The maximum absolute atomic E-state index is 5.74. The van der Waals surface area contributed by atoms with E-state index in [0.717, 1.165) is 13.2 Å². The van der Waals surface area contributed by atoms with E-state index in [0.29, 0.717) is 17.6 Å². The predicted octanol–water partition coefficient (Wildman–Crippen LogP) is 2.19. The summed E-state index contributed by atoms with van der Waals surface area (Å²) in [6.45, 7) is 10.8. The van der Waals surface area contributed by atoms with Crippen LogP contribution in [0.3, 0.4) is 0 Å². The van der Waals surface area contributed by atoms with E-state index >= 15 is 0 Å². The molecule has 0 aromatic rings. The normalized spacial score (nSPS) is 32.3. The minimum atomic E-state index is 0.399. The molecule has 13 heavy (non-hydrogen) atoms. The molecule has 1 saturated carbocycles. The standard InChI is InChI=1S/C11H23NO/c1-5-12-10-9(13-6-2)7-8-11(10,3)4/h9-10,12H,5-8H2,1-4H3. The van der Waals surface area contributed by atoms with Gasteiger partial charge in [-0.25, -0.2) is 0 Å². The van der Waals surface area contributed by atoms with Gasteiger partial charge in [0.15, 0.2) is 0 Å². The van der Waals surface area contributed by atoms with Gasteiger partial charge in [-0.1, -0.05) is 20.8 Å². The Bertz CT molecular complexity index is 156. The Morgan fingerprint density at radius 1 is 1.38 bits per heavy atom. The van der Waals surface area contributed by atoms with Crippen LogP contribution in [-0.4, -0.2) is 25.3 Å². The molecule has 2 unspecified atom stereocenters. The highest BCUT2D eigenvalue weighted by Crippen LogP contribution is 2.38. The van der Waals surface area contributed by atoms with Gasteiger partial charge in [0.1, 0.15) is 0 Å². The molecule has 1 fully saturated rings. The summed E-state index contributed by atoms with van der Waals surface area (Å²) in [6.07, 6.45) is 2.91. The average Bonchev–Trinajstić information content (AvgIpc) is 2.33. The lowest BCUT2D eigenvalue weighted by molar-refractivity contribution is 0.0352. The number of nitrogens with one attached hydrogen (secondary N) is 1. The predicted molar refractivity (Wildman–Crippen MR) is 55.9 cm³/mol. The van der Waals surface area contributed by atoms with E-state index in [4.69, 9.17) is 4.74 Å². The highest BCUT2D eigenvalue weighted by molar-refractivity contribution is 4.96. The van der Waals surface area contributed by atoms with Crippen LogP contribution in [-0.2, 0) is 4.74 Å². The zero-order valence-corrected chi connectivity index (χ0v) is 9.39. The monoisotopic (exact) mass is 185 g/mol. The summed E-state index contributed by atoms with van der Waals surface area (Å²) in [7, 11) is 0. The van der Waals surface area contributed by atoms with E-state index in [1.807, 2.05) is 0 Å². The third kappa shape index (κ3) is 2.44. The van der Waals surface area contributed by atoms with Crippen molar-refractivity contribution in [2.75, 3.05) is 13.2 Å². The van der Waals surface area contributed by atoms with Crippen LogP contribution < -0.4 is 5.32 Å². The van der Waals surface area contributed by atoms with E-state index in [2.05, 4.69) is 33.0 Å². The molecule has 78 valence electrons. The van der Waals surface area contributed by atoms with Crippen molar-refractivity contribution in [1.82, 2.24) is 5.32 Å². The molecule has 0 amide bonds. The average molecular weight is 185 g/mol. The molecule has 0 aromatic carbocycles. The van der Waals surface area contributed by atoms with Gasteiger partial charge >= 0.3 is 0 Å². The van der Waals surface area contributed by atoms with E-state index in [9.17, 15) is 0 Å². The molecule has 0 radical (unpaired) electrons. The molecule has 0 heterocycles. The molecule has 1 N–H and O–H groups in total. The summed E-state index contributed by atoms with van der Waals surface area (Å²) >= 11 is 0. The van der Waals surface area contributed by atoms with Crippen molar-refractivity contribution >= 4 is 0 Å². The molecular weight excluding hydrogens is 162 g/mol. The Labute approximate surface area is 82.0 Å². The van der Waals surface area contributed by atoms with Crippen molar-refractivity contribution < 1.29 is 4.74 Å². The fraction of sp³-hybridized carbons (Fsp3) is 1.00. The third-order valence-electron chi connectivity index (χ3n) is 3.09. The summed E-state index contributed by atoms with van der Waals surface area (Å²) in [5, 5.41) is 3.54. The Morgan fingerprint density at radius 3 is 2.62 bits per heavy atom. The second-order valence-corrected chi connectivity index (χ2v) is 4.56. The quantitative estimate of drug-likeness (QED) is 0.725. The van der Waals surface area contributed by atoms with Gasteiger partial charge in [0.05, 0.1) is 6.10 Å². The Hall–Kier alpha value is -0.0800. The molecule has 0 spiro atoms. The summed E-state index contributed by atoms with van der Waals surface area (Å²) < 4.78 is 5.74. The maximum Gasteiger partial charge on any atom is 0.0733 e. The molecule has 2 nitrogen and oxygen atoms in total. The third-order valence-corrected chi connectivity index (χ3v) is 3.09. The van der Waals surface area contributed by atoms with Gasteiger partial charge in [-0.3, -0.25) is 0 Å². The van der Waals surface area contributed by atoms with Crippen LogP contribution in [0, 0.1) is 5.41 Å². The van der Waals surface area contributed by atoms with Crippen molar-refractivity contribution in [1.29, 1.82) is 0 Å². The molecule has 1 aliphatic carbocycles. The minimum absolute atomic E-state index is 0.399. The topological polar surface area (TPSA) is 21.3 Å². The number of likely N-dealkylation sites (N-methyl/N-ethyl adjacent to an activating group) is 1. The summed E-state index contributed by atoms with van der Waals surface area (Å²) in [5.74, 6) is 0. The summed E-state index contributed by atoms with van der Waals surface area (Å²) in [5.41, 5.74) is 0.399. The van der Waals surface area contributed by atoms with Crippen molar-refractivity contribution in [2.45, 2.75) is 52.7 Å². The van der Waals surface area contributed by atoms with Gasteiger partial charge < -0.3 is 10.1 Å². The van der Waals surface area contributed by atoms with E-state index in [1.165, 1.54) is 12.8 Å². The first kappa shape index (κ1) is 11.0. The largest absolute Gasteiger partial charge is 0.377 e. The van der Waals surface area contributed by atoms with Gasteiger partial charge in [0.25, 0.3) is 0 Å². The SMILES string of the molecule is CCNC1C(OCC)CCC1(C)C. The van der Waals surface area contributed by atoms with Gasteiger partial charge in [-0.05, 0) is 31.7 Å². The Morgan fingerprint density at radius 2 is 2.08 bits per heavy atom. The van der Waals surface area contributed by atoms with E-state index in [-0.39, 0.29) is 0 Å². The molecule has 0 saturated heterocycles. The van der Waals surface area contributed by atoms with Crippen LogP contribution in [0.4, 0.5) is 0 Å². The number of rotatable bonds is 4.